The Hall–Kier alpha value is -2.53. The van der Waals surface area contributed by atoms with E-state index in [0.717, 1.165) is 0 Å². The summed E-state index contributed by atoms with van der Waals surface area (Å²) in [5, 5.41) is 5.09. The summed E-state index contributed by atoms with van der Waals surface area (Å²) in [5.74, 6) is 0.144. The van der Waals surface area contributed by atoms with Gasteiger partial charge in [0.15, 0.2) is 0 Å². The van der Waals surface area contributed by atoms with E-state index in [4.69, 9.17) is 16.3 Å². The van der Waals surface area contributed by atoms with Crippen LogP contribution in [-0.2, 0) is 0 Å². The maximum Gasteiger partial charge on any atom is 0.326 e. The Kier molecular flexibility index (Phi) is 5.60. The van der Waals surface area contributed by atoms with Crippen molar-refractivity contribution < 1.29 is 14.3 Å². The number of rotatable bonds is 4. The second-order valence-corrected chi connectivity index (χ2v) is 5.49. The summed E-state index contributed by atoms with van der Waals surface area (Å²) in [4.78, 5) is 23.8. The van der Waals surface area contributed by atoms with E-state index < -0.39 is 11.9 Å². The Labute approximate surface area is 139 Å². The molecule has 23 heavy (non-hydrogen) atoms. The molecule has 0 aliphatic carbocycles. The molecule has 2 aromatic carbocycles. The first-order valence-corrected chi connectivity index (χ1v) is 7.47. The number of amides is 3. The van der Waals surface area contributed by atoms with E-state index in [1.807, 2.05) is 13.8 Å². The van der Waals surface area contributed by atoms with Crippen molar-refractivity contribution in [3.63, 3.8) is 0 Å². The third-order valence-corrected chi connectivity index (χ3v) is 3.16. The lowest BCUT2D eigenvalue weighted by molar-refractivity contribution is 0.0967. The summed E-state index contributed by atoms with van der Waals surface area (Å²) in [7, 11) is 0. The Morgan fingerprint density at radius 1 is 1.04 bits per heavy atom. The number of nitrogens with one attached hydrogen (secondary N) is 2. The molecule has 0 aliphatic heterocycles. The predicted molar refractivity (Wildman–Crippen MR) is 90.1 cm³/mol. The molecule has 120 valence electrons. The average Bonchev–Trinajstić information content (AvgIpc) is 2.49. The standard InChI is InChI=1S/C17H17ClN2O3/c1-11(2)23-13-9-7-12(8-10-13)19-17(22)20-16(21)14-5-3-4-6-15(14)18/h3-11H,1-2H3,(H2,19,20,21,22). The van der Waals surface area contributed by atoms with Crippen molar-refractivity contribution in [2.45, 2.75) is 20.0 Å². The summed E-state index contributed by atoms with van der Waals surface area (Å²) in [6, 6.07) is 12.7. The minimum atomic E-state index is -0.632. The fraction of sp³-hybridized carbons (Fsp3) is 0.176. The average molecular weight is 333 g/mol. The number of hydrogen-bond donors (Lipinski definition) is 2. The monoisotopic (exact) mass is 332 g/mol. The zero-order valence-corrected chi connectivity index (χ0v) is 13.6. The van der Waals surface area contributed by atoms with Crippen LogP contribution in [0.1, 0.15) is 24.2 Å². The molecule has 0 fully saturated rings. The highest BCUT2D eigenvalue weighted by molar-refractivity contribution is 6.34. The SMILES string of the molecule is CC(C)Oc1ccc(NC(=O)NC(=O)c2ccccc2Cl)cc1. The van der Waals surface area contributed by atoms with Gasteiger partial charge in [0.1, 0.15) is 5.75 Å². The molecule has 0 aliphatic rings. The minimum Gasteiger partial charge on any atom is -0.491 e. The van der Waals surface area contributed by atoms with E-state index in [2.05, 4.69) is 10.6 Å². The van der Waals surface area contributed by atoms with Gasteiger partial charge in [0.05, 0.1) is 16.7 Å². The minimum absolute atomic E-state index is 0.0744. The summed E-state index contributed by atoms with van der Waals surface area (Å²) < 4.78 is 5.51. The largest absolute Gasteiger partial charge is 0.491 e. The zero-order valence-electron chi connectivity index (χ0n) is 12.8. The molecule has 0 radical (unpaired) electrons. The van der Waals surface area contributed by atoms with Crippen LogP contribution in [0, 0.1) is 0 Å². The van der Waals surface area contributed by atoms with Crippen molar-refractivity contribution in [1.29, 1.82) is 0 Å². The Morgan fingerprint density at radius 3 is 2.30 bits per heavy atom. The van der Waals surface area contributed by atoms with Crippen molar-refractivity contribution in [2.75, 3.05) is 5.32 Å². The van der Waals surface area contributed by atoms with E-state index in [0.29, 0.717) is 11.4 Å². The molecule has 2 aromatic rings. The Bertz CT molecular complexity index is 699. The number of hydrogen-bond acceptors (Lipinski definition) is 3. The summed E-state index contributed by atoms with van der Waals surface area (Å²) >= 11 is 5.92. The molecule has 2 rings (SSSR count). The van der Waals surface area contributed by atoms with Gasteiger partial charge in [-0.3, -0.25) is 10.1 Å². The number of carbonyl (C=O) groups excluding carboxylic acids is 2. The lowest BCUT2D eigenvalue weighted by Gasteiger charge is -2.11. The lowest BCUT2D eigenvalue weighted by Crippen LogP contribution is -2.34. The van der Waals surface area contributed by atoms with Crippen LogP contribution in [0.15, 0.2) is 48.5 Å². The lowest BCUT2D eigenvalue weighted by atomic mass is 10.2. The fourth-order valence-corrected chi connectivity index (χ4v) is 2.09. The van der Waals surface area contributed by atoms with Crippen LogP contribution in [-0.4, -0.2) is 18.0 Å². The first-order valence-electron chi connectivity index (χ1n) is 7.09. The van der Waals surface area contributed by atoms with Crippen molar-refractivity contribution in [3.05, 3.63) is 59.1 Å². The molecule has 0 aromatic heterocycles. The Balaban J connectivity index is 1.94. The molecule has 2 N–H and O–H groups in total. The van der Waals surface area contributed by atoms with Crippen LogP contribution in [0.3, 0.4) is 0 Å². The van der Waals surface area contributed by atoms with Crippen molar-refractivity contribution in [3.8, 4) is 5.75 Å². The quantitative estimate of drug-likeness (QED) is 0.886. The van der Waals surface area contributed by atoms with E-state index in [-0.39, 0.29) is 16.7 Å². The number of carbonyl (C=O) groups is 2. The molecular weight excluding hydrogens is 316 g/mol. The molecule has 6 heteroatoms. The first-order chi connectivity index (χ1) is 11.0. The van der Waals surface area contributed by atoms with Gasteiger partial charge >= 0.3 is 6.03 Å². The van der Waals surface area contributed by atoms with Gasteiger partial charge in [-0.2, -0.15) is 0 Å². The van der Waals surface area contributed by atoms with Crippen LogP contribution in [0.2, 0.25) is 5.02 Å². The number of imide groups is 1. The van der Waals surface area contributed by atoms with Gasteiger partial charge in [0, 0.05) is 5.69 Å². The Morgan fingerprint density at radius 2 is 1.70 bits per heavy atom. The van der Waals surface area contributed by atoms with Crippen molar-refractivity contribution >= 4 is 29.2 Å². The molecule has 0 unspecified atom stereocenters. The highest BCUT2D eigenvalue weighted by Gasteiger charge is 2.13. The number of halogens is 1. The van der Waals surface area contributed by atoms with E-state index >= 15 is 0 Å². The molecule has 0 saturated carbocycles. The molecule has 0 atom stereocenters. The van der Waals surface area contributed by atoms with Gasteiger partial charge in [-0.15, -0.1) is 0 Å². The van der Waals surface area contributed by atoms with E-state index in [1.54, 1.807) is 48.5 Å². The molecule has 0 heterocycles. The molecular formula is C17H17ClN2O3. The topological polar surface area (TPSA) is 67.4 Å². The normalized spacial score (nSPS) is 10.3. The number of urea groups is 1. The summed E-state index contributed by atoms with van der Waals surface area (Å²) in [6.07, 6.45) is 0.0744. The van der Waals surface area contributed by atoms with Gasteiger partial charge < -0.3 is 10.1 Å². The van der Waals surface area contributed by atoms with E-state index in [9.17, 15) is 9.59 Å². The van der Waals surface area contributed by atoms with Crippen LogP contribution in [0.4, 0.5) is 10.5 Å². The molecule has 3 amide bonds. The summed E-state index contributed by atoms with van der Waals surface area (Å²) in [6.45, 7) is 3.86. The smallest absolute Gasteiger partial charge is 0.326 e. The third kappa shape index (κ3) is 5.00. The highest BCUT2D eigenvalue weighted by atomic mass is 35.5. The van der Waals surface area contributed by atoms with Gasteiger partial charge in [-0.1, -0.05) is 23.7 Å². The van der Waals surface area contributed by atoms with E-state index in [1.165, 1.54) is 0 Å². The van der Waals surface area contributed by atoms with Gasteiger partial charge in [0.2, 0.25) is 0 Å². The summed E-state index contributed by atoms with van der Waals surface area (Å²) in [5.41, 5.74) is 0.788. The molecule has 0 bridgehead atoms. The van der Waals surface area contributed by atoms with Crippen molar-refractivity contribution in [2.24, 2.45) is 0 Å². The zero-order chi connectivity index (χ0) is 16.8. The second kappa shape index (κ2) is 7.65. The number of ether oxygens (including phenoxy) is 1. The van der Waals surface area contributed by atoms with Crippen LogP contribution in [0.25, 0.3) is 0 Å². The van der Waals surface area contributed by atoms with Gasteiger partial charge in [-0.25, -0.2) is 4.79 Å². The van der Waals surface area contributed by atoms with Crippen LogP contribution >= 0.6 is 11.6 Å². The second-order valence-electron chi connectivity index (χ2n) is 5.08. The molecule has 0 spiro atoms. The predicted octanol–water partition coefficient (Wildman–Crippen LogP) is 4.09. The van der Waals surface area contributed by atoms with Gasteiger partial charge in [-0.05, 0) is 50.2 Å². The molecule has 0 saturated heterocycles. The van der Waals surface area contributed by atoms with Crippen molar-refractivity contribution in [1.82, 2.24) is 5.32 Å². The first kappa shape index (κ1) is 16.8. The number of benzene rings is 2. The fourth-order valence-electron chi connectivity index (χ4n) is 1.87. The van der Waals surface area contributed by atoms with Gasteiger partial charge in [0.25, 0.3) is 5.91 Å². The maximum absolute atomic E-state index is 12.0. The third-order valence-electron chi connectivity index (χ3n) is 2.83. The van der Waals surface area contributed by atoms with Crippen LogP contribution in [0.5, 0.6) is 5.75 Å². The number of anilines is 1. The molecule has 5 nitrogen and oxygen atoms in total. The highest BCUT2D eigenvalue weighted by Crippen LogP contribution is 2.17. The maximum atomic E-state index is 12.0. The van der Waals surface area contributed by atoms with Crippen LogP contribution < -0.4 is 15.4 Å².